The van der Waals surface area contributed by atoms with Crippen LogP contribution in [0.15, 0.2) is 23.2 Å². The summed E-state index contributed by atoms with van der Waals surface area (Å²) >= 11 is 0. The van der Waals surface area contributed by atoms with Crippen molar-refractivity contribution in [3.05, 3.63) is 23.8 Å². The van der Waals surface area contributed by atoms with Gasteiger partial charge in [-0.25, -0.2) is 0 Å². The maximum Gasteiger partial charge on any atom is 0.231 e. The van der Waals surface area contributed by atoms with Crippen LogP contribution < -0.4 is 20.1 Å². The molecule has 0 saturated carbocycles. The molecule has 1 aromatic carbocycles. The predicted molar refractivity (Wildman–Crippen MR) is 108 cm³/mol. The fourth-order valence-electron chi connectivity index (χ4n) is 2.23. The van der Waals surface area contributed by atoms with Crippen molar-refractivity contribution in [1.82, 2.24) is 10.6 Å². The van der Waals surface area contributed by atoms with Gasteiger partial charge in [-0.2, -0.15) is 0 Å². The molecule has 2 N–H and O–H groups in total. The lowest BCUT2D eigenvalue weighted by Crippen LogP contribution is -2.38. The van der Waals surface area contributed by atoms with Crippen LogP contribution in [0.5, 0.6) is 11.5 Å². The lowest BCUT2D eigenvalue weighted by Gasteiger charge is -2.11. The molecular weight excluding hydrogens is 437 g/mol. The highest BCUT2D eigenvalue weighted by Crippen LogP contribution is 2.32. The van der Waals surface area contributed by atoms with Gasteiger partial charge in [0.25, 0.3) is 0 Å². The Morgan fingerprint density at radius 3 is 2.80 bits per heavy atom. The number of methoxy groups -OCH3 is 1. The van der Waals surface area contributed by atoms with Gasteiger partial charge in [-0.3, -0.25) is 4.99 Å². The number of nitrogens with one attached hydrogen (secondary N) is 2. The predicted octanol–water partition coefficient (Wildman–Crippen LogP) is 1.79. The van der Waals surface area contributed by atoms with E-state index in [0.29, 0.717) is 33.2 Å². The van der Waals surface area contributed by atoms with E-state index in [9.17, 15) is 0 Å². The summed E-state index contributed by atoms with van der Waals surface area (Å²) in [6.45, 7) is 6.37. The van der Waals surface area contributed by atoms with Crippen molar-refractivity contribution in [3.8, 4) is 11.5 Å². The first kappa shape index (κ1) is 21.8. The molecule has 0 atom stereocenters. The van der Waals surface area contributed by atoms with E-state index in [4.69, 9.17) is 18.9 Å². The van der Waals surface area contributed by atoms with Gasteiger partial charge in [-0.15, -0.1) is 24.0 Å². The standard InChI is InChI=1S/C17H27N3O4.HI/c1-3-18-17(20-8-9-22-11-10-21-2)19-7-6-14-4-5-15-16(12-14)24-13-23-15;/h4-5,12H,3,6-11,13H2,1-2H3,(H2,18,19,20);1H. The van der Waals surface area contributed by atoms with Crippen LogP contribution in [0.2, 0.25) is 0 Å². The minimum absolute atomic E-state index is 0. The monoisotopic (exact) mass is 465 g/mol. The number of hydrogen-bond acceptors (Lipinski definition) is 5. The topological polar surface area (TPSA) is 73.3 Å². The van der Waals surface area contributed by atoms with Crippen LogP contribution in [0.25, 0.3) is 0 Å². The molecule has 0 radical (unpaired) electrons. The fraction of sp³-hybridized carbons (Fsp3) is 0.588. The molecule has 0 aliphatic carbocycles. The first-order chi connectivity index (χ1) is 11.8. The van der Waals surface area contributed by atoms with Gasteiger partial charge in [0, 0.05) is 20.2 Å². The Balaban J connectivity index is 0.00000312. The van der Waals surface area contributed by atoms with Crippen LogP contribution in [0.3, 0.4) is 0 Å². The van der Waals surface area contributed by atoms with Gasteiger partial charge in [0.1, 0.15) is 0 Å². The molecule has 1 aromatic rings. The van der Waals surface area contributed by atoms with Crippen LogP contribution in [-0.2, 0) is 15.9 Å². The summed E-state index contributed by atoms with van der Waals surface area (Å²) in [6, 6.07) is 6.04. The Morgan fingerprint density at radius 1 is 1.16 bits per heavy atom. The summed E-state index contributed by atoms with van der Waals surface area (Å²) in [4.78, 5) is 4.48. The number of guanidine groups is 1. The summed E-state index contributed by atoms with van der Waals surface area (Å²) < 4.78 is 21.1. The van der Waals surface area contributed by atoms with Crippen molar-refractivity contribution in [3.63, 3.8) is 0 Å². The van der Waals surface area contributed by atoms with E-state index in [1.807, 2.05) is 19.1 Å². The summed E-state index contributed by atoms with van der Waals surface area (Å²) in [7, 11) is 1.66. The second-order valence-electron chi connectivity index (χ2n) is 5.23. The zero-order valence-electron chi connectivity index (χ0n) is 14.9. The summed E-state index contributed by atoms with van der Waals surface area (Å²) in [5.41, 5.74) is 1.20. The minimum Gasteiger partial charge on any atom is -0.454 e. The van der Waals surface area contributed by atoms with E-state index in [0.717, 1.165) is 37.0 Å². The smallest absolute Gasteiger partial charge is 0.231 e. The quantitative estimate of drug-likeness (QED) is 0.238. The molecule has 0 bridgehead atoms. The van der Waals surface area contributed by atoms with Crippen LogP contribution in [0.4, 0.5) is 0 Å². The molecular formula is C17H28IN3O4. The number of hydrogen-bond donors (Lipinski definition) is 2. The molecule has 142 valence electrons. The maximum absolute atomic E-state index is 5.41. The number of nitrogens with zero attached hydrogens (tertiary/aromatic N) is 1. The van der Waals surface area contributed by atoms with Crippen LogP contribution in [0.1, 0.15) is 12.5 Å². The number of fused-ring (bicyclic) bond motifs is 1. The maximum atomic E-state index is 5.41. The Labute approximate surface area is 166 Å². The van der Waals surface area contributed by atoms with Crippen molar-refractivity contribution >= 4 is 29.9 Å². The second-order valence-corrected chi connectivity index (χ2v) is 5.23. The highest BCUT2D eigenvalue weighted by molar-refractivity contribution is 14.0. The molecule has 1 aliphatic rings. The number of aliphatic imine (C=N–C) groups is 1. The Kier molecular flexibility index (Phi) is 11.3. The van der Waals surface area contributed by atoms with Crippen molar-refractivity contribution in [2.45, 2.75) is 13.3 Å². The molecule has 0 amide bonds. The highest BCUT2D eigenvalue weighted by atomic mass is 127. The van der Waals surface area contributed by atoms with Gasteiger partial charge >= 0.3 is 0 Å². The van der Waals surface area contributed by atoms with Crippen molar-refractivity contribution in [2.24, 2.45) is 4.99 Å². The molecule has 7 nitrogen and oxygen atoms in total. The Bertz CT molecular complexity index is 529. The highest BCUT2D eigenvalue weighted by Gasteiger charge is 2.12. The van der Waals surface area contributed by atoms with E-state index >= 15 is 0 Å². The van der Waals surface area contributed by atoms with Crippen molar-refractivity contribution in [2.75, 3.05) is 53.4 Å². The lowest BCUT2D eigenvalue weighted by atomic mass is 10.1. The SMILES string of the molecule is CCNC(=NCCOCCOC)NCCc1ccc2c(c1)OCO2.I. The van der Waals surface area contributed by atoms with Crippen molar-refractivity contribution in [1.29, 1.82) is 0 Å². The number of rotatable bonds is 10. The third-order valence-electron chi connectivity index (χ3n) is 3.42. The van der Waals surface area contributed by atoms with Crippen LogP contribution in [0, 0.1) is 0 Å². The van der Waals surface area contributed by atoms with Gasteiger partial charge in [-0.1, -0.05) is 6.07 Å². The average Bonchev–Trinajstić information content (AvgIpc) is 3.05. The van der Waals surface area contributed by atoms with Crippen LogP contribution >= 0.6 is 24.0 Å². The van der Waals surface area contributed by atoms with Gasteiger partial charge in [0.15, 0.2) is 17.5 Å². The molecule has 1 heterocycles. The molecule has 0 saturated heterocycles. The zero-order chi connectivity index (χ0) is 17.0. The van der Waals surface area contributed by atoms with E-state index < -0.39 is 0 Å². The molecule has 1 aliphatic heterocycles. The second kappa shape index (κ2) is 13.0. The molecule has 0 spiro atoms. The molecule has 0 unspecified atom stereocenters. The third kappa shape index (κ3) is 8.10. The van der Waals surface area contributed by atoms with Gasteiger partial charge in [0.05, 0.1) is 26.4 Å². The third-order valence-corrected chi connectivity index (χ3v) is 3.42. The largest absolute Gasteiger partial charge is 0.454 e. The summed E-state index contributed by atoms with van der Waals surface area (Å²) in [6.07, 6.45) is 0.880. The number of halogens is 1. The molecule has 8 heteroatoms. The zero-order valence-corrected chi connectivity index (χ0v) is 17.2. The van der Waals surface area contributed by atoms with Gasteiger partial charge < -0.3 is 29.6 Å². The van der Waals surface area contributed by atoms with E-state index in [1.165, 1.54) is 5.56 Å². The van der Waals surface area contributed by atoms with E-state index in [2.05, 4.69) is 21.7 Å². The minimum atomic E-state index is 0. The van der Waals surface area contributed by atoms with Gasteiger partial charge in [0.2, 0.25) is 6.79 Å². The molecule has 2 rings (SSSR count). The van der Waals surface area contributed by atoms with Gasteiger partial charge in [-0.05, 0) is 31.0 Å². The number of benzene rings is 1. The van der Waals surface area contributed by atoms with Crippen molar-refractivity contribution < 1.29 is 18.9 Å². The molecule has 0 fully saturated rings. The summed E-state index contributed by atoms with van der Waals surface area (Å²) in [5, 5.41) is 6.55. The van der Waals surface area contributed by atoms with E-state index in [-0.39, 0.29) is 24.0 Å². The first-order valence-corrected chi connectivity index (χ1v) is 8.31. The lowest BCUT2D eigenvalue weighted by molar-refractivity contribution is 0.0748. The Morgan fingerprint density at radius 2 is 2.00 bits per heavy atom. The molecule has 0 aromatic heterocycles. The molecule has 25 heavy (non-hydrogen) atoms. The van der Waals surface area contributed by atoms with Crippen LogP contribution in [-0.4, -0.2) is 59.3 Å². The number of ether oxygens (including phenoxy) is 4. The normalized spacial score (nSPS) is 12.6. The average molecular weight is 465 g/mol. The van der Waals surface area contributed by atoms with E-state index in [1.54, 1.807) is 7.11 Å². The Hall–Kier alpha value is -1.26. The summed E-state index contributed by atoms with van der Waals surface area (Å²) in [5.74, 6) is 2.44. The first-order valence-electron chi connectivity index (χ1n) is 8.31. The fourth-order valence-corrected chi connectivity index (χ4v) is 2.23.